The molecule has 0 unspecified atom stereocenters. The van der Waals surface area contributed by atoms with E-state index in [1.165, 1.54) is 13.2 Å². The highest BCUT2D eigenvalue weighted by Crippen LogP contribution is 2.28. The zero-order valence-electron chi connectivity index (χ0n) is 7.24. The van der Waals surface area contributed by atoms with Crippen molar-refractivity contribution in [3.63, 3.8) is 0 Å². The van der Waals surface area contributed by atoms with Crippen molar-refractivity contribution in [1.82, 2.24) is 0 Å². The maximum atomic E-state index is 10.9. The summed E-state index contributed by atoms with van der Waals surface area (Å²) in [6, 6.07) is 4.88. The number of ether oxygens (including phenoxy) is 1. The van der Waals surface area contributed by atoms with Crippen LogP contribution in [0.3, 0.4) is 0 Å². The summed E-state index contributed by atoms with van der Waals surface area (Å²) in [5.41, 5.74) is -0.0544. The van der Waals surface area contributed by atoms with Gasteiger partial charge in [-0.3, -0.25) is 0 Å². The average molecular weight is 256 g/mol. The van der Waals surface area contributed by atoms with Crippen LogP contribution in [0.1, 0.15) is 15.9 Å². The topological polar surface area (TPSA) is 70.3 Å². The van der Waals surface area contributed by atoms with Crippen molar-refractivity contribution in [2.45, 2.75) is 0 Å². The molecule has 0 amide bonds. The van der Waals surface area contributed by atoms with Crippen LogP contribution < -0.4 is 4.74 Å². The van der Waals surface area contributed by atoms with Crippen LogP contribution in [0.25, 0.3) is 0 Å². The average Bonchev–Trinajstić information content (AvgIpc) is 2.17. The van der Waals surface area contributed by atoms with Crippen LogP contribution >= 0.6 is 15.9 Å². The molecule has 1 rings (SSSR count). The molecule has 1 aromatic rings. The van der Waals surface area contributed by atoms with Gasteiger partial charge in [-0.15, -0.1) is 0 Å². The van der Waals surface area contributed by atoms with Crippen LogP contribution in [0.2, 0.25) is 0 Å². The van der Waals surface area contributed by atoms with Gasteiger partial charge in [0, 0.05) is 4.47 Å². The van der Waals surface area contributed by atoms with Gasteiger partial charge >= 0.3 is 5.97 Å². The van der Waals surface area contributed by atoms with Crippen LogP contribution in [0.5, 0.6) is 5.75 Å². The fraction of sp³-hybridized carbons (Fsp3) is 0.111. The Labute approximate surface area is 88.9 Å². The summed E-state index contributed by atoms with van der Waals surface area (Å²) < 4.78 is 5.29. The Kier molecular flexibility index (Phi) is 3.10. The molecule has 4 nitrogen and oxygen atoms in total. The lowest BCUT2D eigenvalue weighted by Crippen LogP contribution is -2.04. The van der Waals surface area contributed by atoms with E-state index in [1.54, 1.807) is 6.07 Å². The number of hydrogen-bond donors (Lipinski definition) is 1. The number of benzene rings is 1. The molecule has 0 spiro atoms. The normalized spacial score (nSPS) is 9.21. The number of hydrogen-bond acceptors (Lipinski definition) is 3. The highest BCUT2D eigenvalue weighted by Gasteiger charge is 2.18. The van der Waals surface area contributed by atoms with Gasteiger partial charge in [0.2, 0.25) is 0 Å². The Morgan fingerprint density at radius 1 is 1.64 bits per heavy atom. The Morgan fingerprint density at radius 2 is 2.29 bits per heavy atom. The van der Waals surface area contributed by atoms with Crippen LogP contribution in [-0.4, -0.2) is 18.2 Å². The quantitative estimate of drug-likeness (QED) is 0.878. The zero-order chi connectivity index (χ0) is 10.7. The van der Waals surface area contributed by atoms with E-state index >= 15 is 0 Å². The molecular formula is C9H6BrNO3. The second kappa shape index (κ2) is 4.11. The van der Waals surface area contributed by atoms with Gasteiger partial charge in [0.05, 0.1) is 12.7 Å². The molecule has 0 saturated heterocycles. The molecule has 0 heterocycles. The van der Waals surface area contributed by atoms with Crippen LogP contribution in [0, 0.1) is 11.3 Å². The van der Waals surface area contributed by atoms with Gasteiger partial charge in [-0.2, -0.15) is 5.26 Å². The van der Waals surface area contributed by atoms with E-state index in [1.807, 2.05) is 6.07 Å². The SMILES string of the molecule is COc1ccc(Br)c(C#N)c1C(=O)O. The lowest BCUT2D eigenvalue weighted by molar-refractivity contribution is 0.0693. The minimum absolute atomic E-state index is 0.0665. The maximum absolute atomic E-state index is 10.9. The van der Waals surface area contributed by atoms with E-state index in [9.17, 15) is 4.79 Å². The zero-order valence-corrected chi connectivity index (χ0v) is 8.83. The summed E-state index contributed by atoms with van der Waals surface area (Å²) in [6.45, 7) is 0. The number of nitrogens with zero attached hydrogens (tertiary/aromatic N) is 1. The van der Waals surface area contributed by atoms with E-state index < -0.39 is 5.97 Å². The van der Waals surface area contributed by atoms with E-state index in [0.29, 0.717) is 4.47 Å². The van der Waals surface area contributed by atoms with Crippen LogP contribution in [-0.2, 0) is 0 Å². The standard InChI is InChI=1S/C9H6BrNO3/c1-14-7-3-2-6(10)5(4-11)8(7)9(12)13/h2-3H,1H3,(H,12,13). The van der Waals surface area contributed by atoms with Gasteiger partial charge in [0.1, 0.15) is 17.4 Å². The van der Waals surface area contributed by atoms with Crippen molar-refractivity contribution in [3.05, 3.63) is 27.7 Å². The van der Waals surface area contributed by atoms with E-state index in [2.05, 4.69) is 15.9 Å². The van der Waals surface area contributed by atoms with Crippen molar-refractivity contribution in [3.8, 4) is 11.8 Å². The summed E-state index contributed by atoms with van der Waals surface area (Å²) in [6.07, 6.45) is 0. The summed E-state index contributed by atoms with van der Waals surface area (Å²) in [5.74, 6) is -1.00. The first-order valence-electron chi connectivity index (χ1n) is 3.61. The van der Waals surface area contributed by atoms with Gasteiger partial charge < -0.3 is 9.84 Å². The van der Waals surface area contributed by atoms with E-state index in [4.69, 9.17) is 15.1 Å². The van der Waals surface area contributed by atoms with Crippen LogP contribution in [0.15, 0.2) is 16.6 Å². The van der Waals surface area contributed by atoms with Crippen molar-refractivity contribution in [2.75, 3.05) is 7.11 Å². The van der Waals surface area contributed by atoms with Gasteiger partial charge in [-0.1, -0.05) is 0 Å². The molecule has 0 bridgehead atoms. The van der Waals surface area contributed by atoms with Crippen LogP contribution in [0.4, 0.5) is 0 Å². The third kappa shape index (κ3) is 1.70. The summed E-state index contributed by atoms with van der Waals surface area (Å²) in [7, 11) is 1.36. The molecule has 1 aromatic carbocycles. The minimum atomic E-state index is -1.18. The number of carboxylic acid groups (broad SMARTS) is 1. The van der Waals surface area contributed by atoms with Gasteiger partial charge in [0.25, 0.3) is 0 Å². The Hall–Kier alpha value is -1.54. The largest absolute Gasteiger partial charge is 0.496 e. The molecule has 0 aromatic heterocycles. The molecule has 0 fully saturated rings. The molecule has 0 aliphatic carbocycles. The molecule has 1 N–H and O–H groups in total. The second-order valence-electron chi connectivity index (χ2n) is 2.42. The number of rotatable bonds is 2. The third-order valence-corrected chi connectivity index (χ3v) is 2.32. The number of carbonyl (C=O) groups is 1. The fourth-order valence-corrected chi connectivity index (χ4v) is 1.47. The van der Waals surface area contributed by atoms with Crippen molar-refractivity contribution < 1.29 is 14.6 Å². The van der Waals surface area contributed by atoms with E-state index in [0.717, 1.165) is 0 Å². The first-order valence-corrected chi connectivity index (χ1v) is 4.41. The number of carboxylic acids is 1. The molecule has 0 radical (unpaired) electrons. The molecule has 14 heavy (non-hydrogen) atoms. The summed E-state index contributed by atoms with van der Waals surface area (Å²) in [5, 5.41) is 17.7. The Balaban J connectivity index is 3.54. The number of nitriles is 1. The minimum Gasteiger partial charge on any atom is -0.496 e. The Bertz CT molecular complexity index is 423. The van der Waals surface area contributed by atoms with Crippen molar-refractivity contribution in [2.24, 2.45) is 0 Å². The predicted molar refractivity (Wildman–Crippen MR) is 52.4 cm³/mol. The van der Waals surface area contributed by atoms with Gasteiger partial charge in [0.15, 0.2) is 0 Å². The molecule has 0 aliphatic heterocycles. The molecule has 0 saturated carbocycles. The molecule has 0 aliphatic rings. The first kappa shape index (κ1) is 10.5. The smallest absolute Gasteiger partial charge is 0.340 e. The van der Waals surface area contributed by atoms with Gasteiger partial charge in [-0.05, 0) is 28.1 Å². The number of halogens is 1. The molecule has 5 heteroatoms. The highest BCUT2D eigenvalue weighted by atomic mass is 79.9. The first-order chi connectivity index (χ1) is 6.61. The fourth-order valence-electron chi connectivity index (χ4n) is 1.05. The number of methoxy groups -OCH3 is 1. The summed E-state index contributed by atoms with van der Waals surface area (Å²) >= 11 is 3.10. The predicted octanol–water partition coefficient (Wildman–Crippen LogP) is 2.03. The molecule has 0 atom stereocenters. The van der Waals surface area contributed by atoms with Crippen molar-refractivity contribution >= 4 is 21.9 Å². The Morgan fingerprint density at radius 3 is 2.71 bits per heavy atom. The third-order valence-electron chi connectivity index (χ3n) is 1.66. The van der Waals surface area contributed by atoms with Crippen molar-refractivity contribution in [1.29, 1.82) is 5.26 Å². The number of aromatic carboxylic acids is 1. The summed E-state index contributed by atoms with van der Waals surface area (Å²) in [4.78, 5) is 10.9. The molecule has 72 valence electrons. The lowest BCUT2D eigenvalue weighted by atomic mass is 10.1. The van der Waals surface area contributed by atoms with E-state index in [-0.39, 0.29) is 16.9 Å². The maximum Gasteiger partial charge on any atom is 0.340 e. The molecular weight excluding hydrogens is 250 g/mol. The highest BCUT2D eigenvalue weighted by molar-refractivity contribution is 9.10. The second-order valence-corrected chi connectivity index (χ2v) is 3.27. The van der Waals surface area contributed by atoms with Gasteiger partial charge in [-0.25, -0.2) is 4.79 Å². The lowest BCUT2D eigenvalue weighted by Gasteiger charge is -2.06. The monoisotopic (exact) mass is 255 g/mol.